The second kappa shape index (κ2) is 7.94. The lowest BCUT2D eigenvalue weighted by Gasteiger charge is -2.11. The Morgan fingerprint density at radius 2 is 1.85 bits per heavy atom. The number of thioether (sulfide) groups is 1. The predicted molar refractivity (Wildman–Crippen MR) is 89.8 cm³/mol. The number of halogens is 2. The highest BCUT2D eigenvalue weighted by Crippen LogP contribution is 2.31. The molecular formula is C16H17Cl2NS. The van der Waals surface area contributed by atoms with Gasteiger partial charge in [-0.05, 0) is 35.9 Å². The molecule has 1 nitrogen and oxygen atoms in total. The molecule has 2 aromatic carbocycles. The van der Waals surface area contributed by atoms with Crippen molar-refractivity contribution in [3.05, 3.63) is 63.6 Å². The lowest BCUT2D eigenvalue weighted by Crippen LogP contribution is -2.12. The number of hydrogen-bond acceptors (Lipinski definition) is 2. The second-order valence-corrected chi connectivity index (χ2v) is 6.27. The summed E-state index contributed by atoms with van der Waals surface area (Å²) >= 11 is 14.1. The average Bonchev–Trinajstić information content (AvgIpc) is 2.45. The topological polar surface area (TPSA) is 12.0 Å². The van der Waals surface area contributed by atoms with Crippen LogP contribution in [0.25, 0.3) is 0 Å². The summed E-state index contributed by atoms with van der Waals surface area (Å²) in [5.74, 6) is 0.846. The molecule has 2 rings (SSSR count). The van der Waals surface area contributed by atoms with Crippen molar-refractivity contribution in [2.45, 2.75) is 24.1 Å². The van der Waals surface area contributed by atoms with Gasteiger partial charge in [-0.1, -0.05) is 54.4 Å². The van der Waals surface area contributed by atoms with E-state index in [1.54, 1.807) is 11.8 Å². The van der Waals surface area contributed by atoms with Gasteiger partial charge in [-0.3, -0.25) is 0 Å². The third-order valence-electron chi connectivity index (χ3n) is 2.94. The zero-order chi connectivity index (χ0) is 14.4. The van der Waals surface area contributed by atoms with Crippen LogP contribution in [0.4, 0.5) is 0 Å². The van der Waals surface area contributed by atoms with Crippen LogP contribution >= 0.6 is 35.0 Å². The molecule has 0 saturated carbocycles. The number of hydrogen-bond donors (Lipinski definition) is 1. The molecule has 0 aliphatic heterocycles. The normalized spacial score (nSPS) is 10.8. The molecule has 0 amide bonds. The number of rotatable bonds is 6. The molecule has 0 saturated heterocycles. The van der Waals surface area contributed by atoms with E-state index in [0.29, 0.717) is 0 Å². The molecule has 1 N–H and O–H groups in total. The van der Waals surface area contributed by atoms with Crippen molar-refractivity contribution in [2.24, 2.45) is 0 Å². The first-order chi connectivity index (χ1) is 9.70. The molecule has 0 unspecified atom stereocenters. The molecule has 0 fully saturated rings. The second-order valence-electron chi connectivity index (χ2n) is 4.41. The summed E-state index contributed by atoms with van der Waals surface area (Å²) in [6, 6.07) is 14.0. The van der Waals surface area contributed by atoms with Gasteiger partial charge in [-0.2, -0.15) is 0 Å². The quantitative estimate of drug-likeness (QED) is 0.714. The first kappa shape index (κ1) is 15.7. The molecular weight excluding hydrogens is 309 g/mol. The van der Waals surface area contributed by atoms with Crippen molar-refractivity contribution < 1.29 is 0 Å². The first-order valence-corrected chi connectivity index (χ1v) is 8.30. The van der Waals surface area contributed by atoms with E-state index < -0.39 is 0 Å². The van der Waals surface area contributed by atoms with E-state index in [2.05, 4.69) is 24.4 Å². The van der Waals surface area contributed by atoms with Crippen LogP contribution in [-0.4, -0.2) is 6.54 Å². The molecule has 0 atom stereocenters. The van der Waals surface area contributed by atoms with Gasteiger partial charge in [0.15, 0.2) is 0 Å². The summed E-state index contributed by atoms with van der Waals surface area (Å²) in [5, 5.41) is 4.94. The third kappa shape index (κ3) is 4.42. The van der Waals surface area contributed by atoms with E-state index in [1.165, 1.54) is 10.5 Å². The van der Waals surface area contributed by atoms with Gasteiger partial charge in [0.05, 0.1) is 0 Å². The molecule has 0 spiro atoms. The smallest absolute Gasteiger partial charge is 0.0446 e. The monoisotopic (exact) mass is 325 g/mol. The van der Waals surface area contributed by atoms with Gasteiger partial charge < -0.3 is 5.32 Å². The minimum Gasteiger partial charge on any atom is -0.313 e. The number of nitrogens with one attached hydrogen (secondary N) is 1. The van der Waals surface area contributed by atoms with Gasteiger partial charge in [-0.25, -0.2) is 0 Å². The summed E-state index contributed by atoms with van der Waals surface area (Å²) in [5.41, 5.74) is 2.42. The summed E-state index contributed by atoms with van der Waals surface area (Å²) in [4.78, 5) is 1.21. The van der Waals surface area contributed by atoms with Crippen molar-refractivity contribution in [3.63, 3.8) is 0 Å². The SMILES string of the molecule is CCNCc1ccc(Cl)cc1SCc1ccccc1Cl. The minimum absolute atomic E-state index is 0.770. The fraction of sp³-hybridized carbons (Fsp3) is 0.250. The van der Waals surface area contributed by atoms with Gasteiger partial charge in [0.25, 0.3) is 0 Å². The molecule has 0 aliphatic rings. The lowest BCUT2D eigenvalue weighted by atomic mass is 10.2. The molecule has 0 aromatic heterocycles. The van der Waals surface area contributed by atoms with E-state index in [9.17, 15) is 0 Å². The predicted octanol–water partition coefficient (Wildman–Crippen LogP) is 5.40. The van der Waals surface area contributed by atoms with Crippen molar-refractivity contribution in [2.75, 3.05) is 6.54 Å². The van der Waals surface area contributed by atoms with Crippen molar-refractivity contribution in [3.8, 4) is 0 Å². The zero-order valence-electron chi connectivity index (χ0n) is 11.3. The Labute approximate surface area is 134 Å². The van der Waals surface area contributed by atoms with Crippen LogP contribution < -0.4 is 5.32 Å². The molecule has 0 heterocycles. The molecule has 20 heavy (non-hydrogen) atoms. The lowest BCUT2D eigenvalue weighted by molar-refractivity contribution is 0.718. The van der Waals surface area contributed by atoms with E-state index >= 15 is 0 Å². The van der Waals surface area contributed by atoms with Gasteiger partial charge in [0.1, 0.15) is 0 Å². The first-order valence-electron chi connectivity index (χ1n) is 6.56. The fourth-order valence-electron chi connectivity index (χ4n) is 1.84. The summed E-state index contributed by atoms with van der Waals surface area (Å²) in [6.07, 6.45) is 0. The van der Waals surface area contributed by atoms with E-state index in [-0.39, 0.29) is 0 Å². The van der Waals surface area contributed by atoms with Crippen LogP contribution in [0.15, 0.2) is 47.4 Å². The van der Waals surface area contributed by atoms with Crippen LogP contribution in [-0.2, 0) is 12.3 Å². The molecule has 4 heteroatoms. The highest BCUT2D eigenvalue weighted by Gasteiger charge is 2.06. The Balaban J connectivity index is 2.11. The Morgan fingerprint density at radius 1 is 1.05 bits per heavy atom. The largest absolute Gasteiger partial charge is 0.313 e. The summed E-state index contributed by atoms with van der Waals surface area (Å²) in [7, 11) is 0. The summed E-state index contributed by atoms with van der Waals surface area (Å²) < 4.78 is 0. The Kier molecular flexibility index (Phi) is 6.24. The maximum Gasteiger partial charge on any atom is 0.0446 e. The standard InChI is InChI=1S/C16H17Cl2NS/c1-2-19-10-12-7-8-14(17)9-16(12)20-11-13-5-3-4-6-15(13)18/h3-9,19H,2,10-11H2,1H3. The fourth-order valence-corrected chi connectivity index (χ4v) is 3.46. The molecule has 0 aliphatic carbocycles. The Morgan fingerprint density at radius 3 is 2.60 bits per heavy atom. The van der Waals surface area contributed by atoms with Crippen molar-refractivity contribution in [1.29, 1.82) is 0 Å². The van der Waals surface area contributed by atoms with Crippen LogP contribution in [0.3, 0.4) is 0 Å². The van der Waals surface area contributed by atoms with E-state index in [0.717, 1.165) is 34.5 Å². The molecule has 0 radical (unpaired) electrons. The minimum atomic E-state index is 0.770. The van der Waals surface area contributed by atoms with Crippen LogP contribution in [0.5, 0.6) is 0 Å². The van der Waals surface area contributed by atoms with Crippen LogP contribution in [0, 0.1) is 0 Å². The third-order valence-corrected chi connectivity index (χ3v) is 4.69. The van der Waals surface area contributed by atoms with Gasteiger partial charge in [0.2, 0.25) is 0 Å². The maximum atomic E-state index is 6.19. The Bertz CT molecular complexity index is 572. The van der Waals surface area contributed by atoms with Gasteiger partial charge in [0, 0.05) is 27.2 Å². The molecule has 0 bridgehead atoms. The van der Waals surface area contributed by atoms with E-state index in [1.807, 2.05) is 30.3 Å². The molecule has 2 aromatic rings. The Hall–Kier alpha value is -0.670. The average molecular weight is 326 g/mol. The zero-order valence-corrected chi connectivity index (χ0v) is 13.7. The van der Waals surface area contributed by atoms with Gasteiger partial charge in [-0.15, -0.1) is 11.8 Å². The van der Waals surface area contributed by atoms with Crippen LogP contribution in [0.1, 0.15) is 18.1 Å². The highest BCUT2D eigenvalue weighted by molar-refractivity contribution is 7.98. The molecule has 106 valence electrons. The van der Waals surface area contributed by atoms with E-state index in [4.69, 9.17) is 23.2 Å². The maximum absolute atomic E-state index is 6.19. The highest BCUT2D eigenvalue weighted by atomic mass is 35.5. The summed E-state index contributed by atoms with van der Waals surface area (Å²) in [6.45, 7) is 3.92. The van der Waals surface area contributed by atoms with Crippen LogP contribution in [0.2, 0.25) is 10.0 Å². The van der Waals surface area contributed by atoms with Gasteiger partial charge >= 0.3 is 0 Å². The number of benzene rings is 2. The van der Waals surface area contributed by atoms with Crippen molar-refractivity contribution in [1.82, 2.24) is 5.32 Å². The van der Waals surface area contributed by atoms with Crippen molar-refractivity contribution >= 4 is 35.0 Å².